The number of hydrogen-bond donors (Lipinski definition) is 2. The first-order valence-corrected chi connectivity index (χ1v) is 8.34. The van der Waals surface area contributed by atoms with E-state index in [1.54, 1.807) is 36.5 Å². The van der Waals surface area contributed by atoms with Crippen molar-refractivity contribution in [2.45, 2.75) is 6.92 Å². The predicted octanol–water partition coefficient (Wildman–Crippen LogP) is 4.17. The SMILES string of the molecule is COC(=O)c1cccc(Nc2ccnc(C(=O)Nc3cccc(C)c3)c2)c1. The number of methoxy groups -OCH3 is 1. The van der Waals surface area contributed by atoms with E-state index in [-0.39, 0.29) is 11.6 Å². The molecule has 1 amide bonds. The van der Waals surface area contributed by atoms with Crippen molar-refractivity contribution >= 4 is 28.9 Å². The maximum absolute atomic E-state index is 12.4. The van der Waals surface area contributed by atoms with E-state index in [9.17, 15) is 9.59 Å². The number of nitrogens with zero attached hydrogens (tertiary/aromatic N) is 1. The molecule has 0 saturated heterocycles. The number of anilines is 3. The van der Waals surface area contributed by atoms with Crippen LogP contribution in [0.2, 0.25) is 0 Å². The highest BCUT2D eigenvalue weighted by molar-refractivity contribution is 6.03. The molecule has 0 radical (unpaired) electrons. The van der Waals surface area contributed by atoms with Crippen LogP contribution in [-0.2, 0) is 4.74 Å². The maximum Gasteiger partial charge on any atom is 0.337 e. The third-order valence-electron chi connectivity index (χ3n) is 3.84. The Morgan fingerprint density at radius 2 is 1.67 bits per heavy atom. The second-order valence-corrected chi connectivity index (χ2v) is 5.95. The summed E-state index contributed by atoms with van der Waals surface area (Å²) in [6.07, 6.45) is 1.55. The van der Waals surface area contributed by atoms with Gasteiger partial charge in [0.1, 0.15) is 5.69 Å². The molecule has 0 bridgehead atoms. The lowest BCUT2D eigenvalue weighted by atomic mass is 10.2. The Morgan fingerprint density at radius 1 is 0.926 bits per heavy atom. The first-order chi connectivity index (χ1) is 13.0. The van der Waals surface area contributed by atoms with Crippen LogP contribution in [0.1, 0.15) is 26.4 Å². The number of amides is 1. The van der Waals surface area contributed by atoms with E-state index in [4.69, 9.17) is 4.74 Å². The predicted molar refractivity (Wildman–Crippen MR) is 104 cm³/mol. The molecule has 2 aromatic carbocycles. The highest BCUT2D eigenvalue weighted by atomic mass is 16.5. The summed E-state index contributed by atoms with van der Waals surface area (Å²) < 4.78 is 4.73. The molecular formula is C21H19N3O3. The second-order valence-electron chi connectivity index (χ2n) is 5.95. The number of esters is 1. The number of nitrogens with one attached hydrogen (secondary N) is 2. The molecule has 27 heavy (non-hydrogen) atoms. The summed E-state index contributed by atoms with van der Waals surface area (Å²) in [6, 6.07) is 17.9. The van der Waals surface area contributed by atoms with Crippen molar-refractivity contribution in [1.29, 1.82) is 0 Å². The van der Waals surface area contributed by atoms with Gasteiger partial charge in [0.15, 0.2) is 0 Å². The Balaban J connectivity index is 1.75. The van der Waals surface area contributed by atoms with Crippen LogP contribution in [0.3, 0.4) is 0 Å². The minimum Gasteiger partial charge on any atom is -0.465 e. The molecule has 2 N–H and O–H groups in total. The van der Waals surface area contributed by atoms with E-state index in [0.29, 0.717) is 22.6 Å². The molecule has 3 aromatic rings. The van der Waals surface area contributed by atoms with E-state index in [0.717, 1.165) is 5.56 Å². The van der Waals surface area contributed by atoms with E-state index in [2.05, 4.69) is 15.6 Å². The molecule has 0 unspecified atom stereocenters. The van der Waals surface area contributed by atoms with Crippen LogP contribution in [0.15, 0.2) is 66.9 Å². The van der Waals surface area contributed by atoms with Gasteiger partial charge in [-0.3, -0.25) is 9.78 Å². The number of rotatable bonds is 5. The van der Waals surface area contributed by atoms with Crippen molar-refractivity contribution in [3.63, 3.8) is 0 Å². The minimum absolute atomic E-state index is 0.283. The van der Waals surface area contributed by atoms with E-state index >= 15 is 0 Å². The Labute approximate surface area is 157 Å². The summed E-state index contributed by atoms with van der Waals surface area (Å²) in [7, 11) is 1.34. The number of hydrogen-bond acceptors (Lipinski definition) is 5. The number of ether oxygens (including phenoxy) is 1. The van der Waals surface area contributed by atoms with Crippen LogP contribution < -0.4 is 10.6 Å². The van der Waals surface area contributed by atoms with Crippen molar-refractivity contribution < 1.29 is 14.3 Å². The Kier molecular flexibility index (Phi) is 5.47. The lowest BCUT2D eigenvalue weighted by Gasteiger charge is -2.10. The molecule has 136 valence electrons. The van der Waals surface area contributed by atoms with E-state index in [1.165, 1.54) is 7.11 Å². The third kappa shape index (κ3) is 4.70. The van der Waals surface area contributed by atoms with Gasteiger partial charge in [-0.2, -0.15) is 0 Å². The number of aryl methyl sites for hydroxylation is 1. The van der Waals surface area contributed by atoms with E-state index < -0.39 is 5.97 Å². The van der Waals surface area contributed by atoms with Gasteiger partial charge in [0.2, 0.25) is 0 Å². The van der Waals surface area contributed by atoms with Crippen molar-refractivity contribution in [1.82, 2.24) is 4.98 Å². The summed E-state index contributed by atoms with van der Waals surface area (Å²) in [5, 5.41) is 6.00. The van der Waals surface area contributed by atoms with Crippen molar-refractivity contribution in [2.75, 3.05) is 17.7 Å². The zero-order chi connectivity index (χ0) is 19.2. The standard InChI is InChI=1S/C21H19N3O3/c1-14-5-3-7-16(11-14)24-20(25)19-13-18(9-10-22-19)23-17-8-4-6-15(12-17)21(26)27-2/h3-13H,1-2H3,(H,22,23)(H,24,25). The Bertz CT molecular complexity index is 986. The van der Waals surface area contributed by atoms with Gasteiger partial charge in [-0.05, 0) is 55.0 Å². The summed E-state index contributed by atoms with van der Waals surface area (Å²) in [4.78, 5) is 28.2. The van der Waals surface area contributed by atoms with Crippen LogP contribution in [0, 0.1) is 6.92 Å². The molecule has 0 aliphatic rings. The van der Waals surface area contributed by atoms with Crippen molar-refractivity contribution in [2.24, 2.45) is 0 Å². The highest BCUT2D eigenvalue weighted by Crippen LogP contribution is 2.19. The maximum atomic E-state index is 12.4. The lowest BCUT2D eigenvalue weighted by Crippen LogP contribution is -2.13. The first kappa shape index (κ1) is 18.1. The van der Waals surface area contributed by atoms with Crippen LogP contribution in [-0.4, -0.2) is 24.0 Å². The molecule has 0 spiro atoms. The molecule has 0 saturated carbocycles. The number of carbonyl (C=O) groups is 2. The summed E-state index contributed by atoms with van der Waals surface area (Å²) in [5.41, 5.74) is 3.88. The zero-order valence-corrected chi connectivity index (χ0v) is 15.0. The van der Waals surface area contributed by atoms with Crippen LogP contribution in [0.4, 0.5) is 17.1 Å². The molecule has 6 heteroatoms. The molecular weight excluding hydrogens is 342 g/mol. The summed E-state index contributed by atoms with van der Waals surface area (Å²) in [6.45, 7) is 1.96. The number of carbonyl (C=O) groups excluding carboxylic acids is 2. The number of pyridine rings is 1. The van der Waals surface area contributed by atoms with Gasteiger partial charge in [0.25, 0.3) is 5.91 Å². The normalized spacial score (nSPS) is 10.1. The molecule has 6 nitrogen and oxygen atoms in total. The molecule has 0 aliphatic carbocycles. The van der Waals surface area contributed by atoms with Crippen LogP contribution in [0.25, 0.3) is 0 Å². The van der Waals surface area contributed by atoms with Gasteiger partial charge in [-0.1, -0.05) is 18.2 Å². The monoisotopic (exact) mass is 361 g/mol. The molecule has 0 fully saturated rings. The largest absolute Gasteiger partial charge is 0.465 e. The highest BCUT2D eigenvalue weighted by Gasteiger charge is 2.10. The van der Waals surface area contributed by atoms with Gasteiger partial charge in [-0.15, -0.1) is 0 Å². The molecule has 0 aliphatic heterocycles. The average molecular weight is 361 g/mol. The molecule has 1 heterocycles. The quantitative estimate of drug-likeness (QED) is 0.667. The minimum atomic E-state index is -0.411. The van der Waals surface area contributed by atoms with Gasteiger partial charge in [0, 0.05) is 23.3 Å². The van der Waals surface area contributed by atoms with Crippen molar-refractivity contribution in [3.05, 3.63) is 83.7 Å². The summed E-state index contributed by atoms with van der Waals surface area (Å²) in [5.74, 6) is -0.709. The number of aromatic nitrogens is 1. The zero-order valence-electron chi connectivity index (χ0n) is 15.0. The van der Waals surface area contributed by atoms with Gasteiger partial charge >= 0.3 is 5.97 Å². The topological polar surface area (TPSA) is 80.3 Å². The first-order valence-electron chi connectivity index (χ1n) is 8.34. The van der Waals surface area contributed by atoms with E-state index in [1.807, 2.05) is 37.3 Å². The van der Waals surface area contributed by atoms with Crippen molar-refractivity contribution in [3.8, 4) is 0 Å². The lowest BCUT2D eigenvalue weighted by molar-refractivity contribution is 0.0600. The molecule has 3 rings (SSSR count). The Hall–Kier alpha value is -3.67. The average Bonchev–Trinajstić information content (AvgIpc) is 2.68. The van der Waals surface area contributed by atoms with Gasteiger partial charge < -0.3 is 15.4 Å². The fourth-order valence-electron chi connectivity index (χ4n) is 2.56. The Morgan fingerprint density at radius 3 is 2.44 bits per heavy atom. The van der Waals surface area contributed by atoms with Gasteiger partial charge in [0.05, 0.1) is 12.7 Å². The fraction of sp³-hybridized carbons (Fsp3) is 0.0952. The smallest absolute Gasteiger partial charge is 0.337 e. The third-order valence-corrected chi connectivity index (χ3v) is 3.84. The number of benzene rings is 2. The summed E-state index contributed by atoms with van der Waals surface area (Å²) >= 11 is 0. The van der Waals surface area contributed by atoms with Crippen LogP contribution >= 0.6 is 0 Å². The molecule has 0 atom stereocenters. The molecule has 1 aromatic heterocycles. The van der Waals surface area contributed by atoms with Gasteiger partial charge in [-0.25, -0.2) is 4.79 Å². The van der Waals surface area contributed by atoms with Crippen LogP contribution in [0.5, 0.6) is 0 Å². The second kappa shape index (κ2) is 8.14. The fourth-order valence-corrected chi connectivity index (χ4v) is 2.56.